The minimum absolute atomic E-state index is 0.0396. The van der Waals surface area contributed by atoms with Crippen molar-refractivity contribution in [3.63, 3.8) is 0 Å². The Balaban J connectivity index is 1.55. The molecule has 126 valence electrons. The van der Waals surface area contributed by atoms with Crippen molar-refractivity contribution in [1.29, 1.82) is 0 Å². The van der Waals surface area contributed by atoms with Crippen LogP contribution in [0.4, 0.5) is 5.69 Å². The molecule has 1 saturated heterocycles. The first-order valence-electron chi connectivity index (χ1n) is 8.08. The van der Waals surface area contributed by atoms with Gasteiger partial charge in [-0.25, -0.2) is 0 Å². The number of hydrogen-bond acceptors (Lipinski definition) is 5. The number of carbonyl (C=O) groups excluding carboxylic acids is 1. The summed E-state index contributed by atoms with van der Waals surface area (Å²) in [6, 6.07) is 17.1. The zero-order chi connectivity index (χ0) is 17.2. The van der Waals surface area contributed by atoms with Gasteiger partial charge < -0.3 is 14.2 Å². The van der Waals surface area contributed by atoms with Crippen LogP contribution in [0.5, 0.6) is 5.75 Å². The molecule has 0 saturated carbocycles. The second kappa shape index (κ2) is 6.39. The molecule has 1 amide bonds. The van der Waals surface area contributed by atoms with Gasteiger partial charge in [-0.1, -0.05) is 41.6 Å². The number of rotatable bonds is 4. The molecule has 4 rings (SSSR count). The van der Waals surface area contributed by atoms with Crippen molar-refractivity contribution in [2.75, 3.05) is 18.6 Å². The SMILES string of the molecule is COc1cccc(N2CC(c3nc(-c4ccccc4)no3)CC2=O)c1. The highest BCUT2D eigenvalue weighted by Crippen LogP contribution is 2.33. The zero-order valence-corrected chi connectivity index (χ0v) is 13.8. The minimum atomic E-state index is -0.108. The smallest absolute Gasteiger partial charge is 0.232 e. The van der Waals surface area contributed by atoms with Crippen LogP contribution in [0.3, 0.4) is 0 Å². The number of benzene rings is 2. The Morgan fingerprint density at radius 1 is 1.16 bits per heavy atom. The van der Waals surface area contributed by atoms with Gasteiger partial charge in [0, 0.05) is 30.3 Å². The number of amides is 1. The van der Waals surface area contributed by atoms with Crippen LogP contribution in [0, 0.1) is 0 Å². The fourth-order valence-electron chi connectivity index (χ4n) is 3.01. The number of methoxy groups -OCH3 is 1. The van der Waals surface area contributed by atoms with Gasteiger partial charge in [0.1, 0.15) is 5.75 Å². The van der Waals surface area contributed by atoms with Crippen molar-refractivity contribution in [3.05, 3.63) is 60.5 Å². The van der Waals surface area contributed by atoms with Gasteiger partial charge in [-0.2, -0.15) is 4.98 Å². The Labute approximate surface area is 145 Å². The highest BCUT2D eigenvalue weighted by atomic mass is 16.5. The average Bonchev–Trinajstić information content (AvgIpc) is 3.29. The largest absolute Gasteiger partial charge is 0.497 e. The molecule has 1 aliphatic heterocycles. The molecule has 1 fully saturated rings. The van der Waals surface area contributed by atoms with E-state index in [1.807, 2.05) is 54.6 Å². The lowest BCUT2D eigenvalue weighted by Gasteiger charge is -2.16. The number of hydrogen-bond donors (Lipinski definition) is 0. The highest BCUT2D eigenvalue weighted by Gasteiger charge is 2.35. The van der Waals surface area contributed by atoms with E-state index < -0.39 is 0 Å². The molecular formula is C19H17N3O3. The van der Waals surface area contributed by atoms with Crippen molar-refractivity contribution < 1.29 is 14.1 Å². The first kappa shape index (κ1) is 15.4. The summed E-state index contributed by atoms with van der Waals surface area (Å²) in [6.07, 6.45) is 0.355. The van der Waals surface area contributed by atoms with Crippen LogP contribution < -0.4 is 9.64 Å². The minimum Gasteiger partial charge on any atom is -0.497 e. The van der Waals surface area contributed by atoms with Gasteiger partial charge in [0.2, 0.25) is 17.6 Å². The second-order valence-electron chi connectivity index (χ2n) is 5.93. The molecule has 3 aromatic rings. The molecule has 1 aliphatic rings. The normalized spacial score (nSPS) is 17.1. The van der Waals surface area contributed by atoms with Crippen LogP contribution >= 0.6 is 0 Å². The molecular weight excluding hydrogens is 318 g/mol. The van der Waals surface area contributed by atoms with Crippen molar-refractivity contribution in [1.82, 2.24) is 10.1 Å². The fourth-order valence-corrected chi connectivity index (χ4v) is 3.01. The van der Waals surface area contributed by atoms with Crippen molar-refractivity contribution in [2.45, 2.75) is 12.3 Å². The number of ether oxygens (including phenoxy) is 1. The van der Waals surface area contributed by atoms with Gasteiger partial charge in [-0.15, -0.1) is 0 Å². The van der Waals surface area contributed by atoms with Crippen LogP contribution in [0.2, 0.25) is 0 Å². The number of carbonyl (C=O) groups is 1. The molecule has 1 aromatic heterocycles. The molecule has 2 aromatic carbocycles. The molecule has 1 unspecified atom stereocenters. The van der Waals surface area contributed by atoms with Crippen LogP contribution in [0.1, 0.15) is 18.2 Å². The van der Waals surface area contributed by atoms with E-state index in [1.165, 1.54) is 0 Å². The maximum Gasteiger partial charge on any atom is 0.232 e. The molecule has 1 atom stereocenters. The third kappa shape index (κ3) is 2.98. The molecule has 2 heterocycles. The first-order chi connectivity index (χ1) is 12.2. The van der Waals surface area contributed by atoms with E-state index in [0.717, 1.165) is 17.0 Å². The summed E-state index contributed by atoms with van der Waals surface area (Å²) in [5, 5.41) is 4.05. The lowest BCUT2D eigenvalue weighted by atomic mass is 10.1. The van der Waals surface area contributed by atoms with Gasteiger partial charge in [-0.3, -0.25) is 4.79 Å². The molecule has 0 N–H and O–H groups in total. The van der Waals surface area contributed by atoms with E-state index in [4.69, 9.17) is 9.26 Å². The van der Waals surface area contributed by atoms with Crippen LogP contribution in [-0.2, 0) is 4.79 Å². The van der Waals surface area contributed by atoms with E-state index >= 15 is 0 Å². The Morgan fingerprint density at radius 3 is 2.80 bits per heavy atom. The number of anilines is 1. The Bertz CT molecular complexity index is 892. The molecule has 25 heavy (non-hydrogen) atoms. The quantitative estimate of drug-likeness (QED) is 0.732. The summed E-state index contributed by atoms with van der Waals surface area (Å²) < 4.78 is 10.7. The maximum absolute atomic E-state index is 12.4. The molecule has 6 nitrogen and oxygen atoms in total. The van der Waals surface area contributed by atoms with Gasteiger partial charge >= 0.3 is 0 Å². The topological polar surface area (TPSA) is 68.5 Å². The second-order valence-corrected chi connectivity index (χ2v) is 5.93. The van der Waals surface area contributed by atoms with E-state index in [1.54, 1.807) is 12.0 Å². The fraction of sp³-hybridized carbons (Fsp3) is 0.211. The van der Waals surface area contributed by atoms with Crippen molar-refractivity contribution >= 4 is 11.6 Å². The summed E-state index contributed by atoms with van der Waals surface area (Å²) in [4.78, 5) is 18.6. The number of nitrogens with zero attached hydrogens (tertiary/aromatic N) is 3. The Kier molecular flexibility index (Phi) is 3.93. The Morgan fingerprint density at radius 2 is 2.00 bits per heavy atom. The summed E-state index contributed by atoms with van der Waals surface area (Å²) in [5.41, 5.74) is 1.71. The standard InChI is InChI=1S/C19H17N3O3/c1-24-16-9-5-8-15(11-16)22-12-14(10-17(22)23)19-20-18(21-25-19)13-6-3-2-4-7-13/h2-9,11,14H,10,12H2,1H3. The molecule has 0 bridgehead atoms. The predicted molar refractivity (Wildman–Crippen MR) is 92.4 cm³/mol. The third-order valence-electron chi connectivity index (χ3n) is 4.31. The third-order valence-corrected chi connectivity index (χ3v) is 4.31. The van der Waals surface area contributed by atoms with E-state index in [0.29, 0.717) is 24.7 Å². The molecule has 6 heteroatoms. The van der Waals surface area contributed by atoms with Gasteiger partial charge in [-0.05, 0) is 12.1 Å². The lowest BCUT2D eigenvalue weighted by molar-refractivity contribution is -0.117. The average molecular weight is 335 g/mol. The van der Waals surface area contributed by atoms with Crippen molar-refractivity contribution in [3.8, 4) is 17.1 Å². The van der Waals surface area contributed by atoms with Crippen LogP contribution in [-0.4, -0.2) is 29.7 Å². The summed E-state index contributed by atoms with van der Waals surface area (Å²) in [7, 11) is 1.61. The van der Waals surface area contributed by atoms with Crippen LogP contribution in [0.25, 0.3) is 11.4 Å². The van der Waals surface area contributed by atoms with E-state index in [-0.39, 0.29) is 11.8 Å². The van der Waals surface area contributed by atoms with Crippen LogP contribution in [0.15, 0.2) is 59.1 Å². The lowest BCUT2D eigenvalue weighted by Crippen LogP contribution is -2.24. The van der Waals surface area contributed by atoms with Gasteiger partial charge in [0.15, 0.2) is 0 Å². The summed E-state index contributed by atoms with van der Waals surface area (Å²) in [6.45, 7) is 0.516. The van der Waals surface area contributed by atoms with Gasteiger partial charge in [0.25, 0.3) is 0 Å². The molecule has 0 spiro atoms. The zero-order valence-electron chi connectivity index (χ0n) is 13.8. The maximum atomic E-state index is 12.4. The van der Waals surface area contributed by atoms with E-state index in [9.17, 15) is 4.79 Å². The van der Waals surface area contributed by atoms with E-state index in [2.05, 4.69) is 10.1 Å². The Hall–Kier alpha value is -3.15. The monoisotopic (exact) mass is 335 g/mol. The van der Waals surface area contributed by atoms with Crippen molar-refractivity contribution in [2.24, 2.45) is 0 Å². The highest BCUT2D eigenvalue weighted by molar-refractivity contribution is 5.96. The van der Waals surface area contributed by atoms with Gasteiger partial charge in [0.05, 0.1) is 13.0 Å². The molecule has 0 aliphatic carbocycles. The molecule has 0 radical (unpaired) electrons. The predicted octanol–water partition coefficient (Wildman–Crippen LogP) is 3.27. The summed E-state index contributed by atoms with van der Waals surface area (Å²) >= 11 is 0. The summed E-state index contributed by atoms with van der Waals surface area (Å²) in [5.74, 6) is 1.69. The first-order valence-corrected chi connectivity index (χ1v) is 8.08. The number of aromatic nitrogens is 2.